The number of morpholine rings is 2. The Bertz CT molecular complexity index is 462. The number of hydrogen-bond acceptors (Lipinski definition) is 5. The minimum atomic E-state index is -0.361. The van der Waals surface area contributed by atoms with Crippen LogP contribution in [0.15, 0.2) is 24.4 Å². The molecule has 1 amide bonds. The molecule has 1 unspecified atom stereocenters. The van der Waals surface area contributed by atoms with Crippen LogP contribution in [0.25, 0.3) is 0 Å². The highest BCUT2D eigenvalue weighted by atomic mass is 16.5. The van der Waals surface area contributed by atoms with Gasteiger partial charge in [-0.25, -0.2) is 0 Å². The van der Waals surface area contributed by atoms with Gasteiger partial charge in [0.1, 0.15) is 6.10 Å². The van der Waals surface area contributed by atoms with Crippen molar-refractivity contribution in [3.8, 4) is 0 Å². The third-order valence-corrected chi connectivity index (χ3v) is 3.86. The van der Waals surface area contributed by atoms with Crippen molar-refractivity contribution in [2.45, 2.75) is 12.6 Å². The van der Waals surface area contributed by atoms with E-state index in [2.05, 4.69) is 9.88 Å². The summed E-state index contributed by atoms with van der Waals surface area (Å²) in [6.07, 6.45) is 1.44. The second-order valence-corrected chi connectivity index (χ2v) is 5.35. The molecule has 0 aliphatic carbocycles. The van der Waals surface area contributed by atoms with Crippen LogP contribution in [0.4, 0.5) is 0 Å². The van der Waals surface area contributed by atoms with E-state index < -0.39 is 0 Å². The first kappa shape index (κ1) is 14.4. The van der Waals surface area contributed by atoms with Crippen molar-refractivity contribution >= 4 is 5.91 Å². The second-order valence-electron chi connectivity index (χ2n) is 5.35. The maximum Gasteiger partial charge on any atom is 0.253 e. The zero-order valence-electron chi connectivity index (χ0n) is 12.1. The molecule has 114 valence electrons. The van der Waals surface area contributed by atoms with Crippen molar-refractivity contribution in [3.63, 3.8) is 0 Å². The number of ether oxygens (including phenoxy) is 2. The van der Waals surface area contributed by atoms with E-state index in [0.29, 0.717) is 39.5 Å². The Morgan fingerprint density at radius 1 is 1.24 bits per heavy atom. The first-order valence-corrected chi connectivity index (χ1v) is 7.43. The van der Waals surface area contributed by atoms with Gasteiger partial charge in [-0.3, -0.25) is 14.7 Å². The summed E-state index contributed by atoms with van der Waals surface area (Å²) in [5.74, 6) is 0.0871. The van der Waals surface area contributed by atoms with E-state index in [1.807, 2.05) is 23.1 Å². The molecule has 1 aromatic rings. The van der Waals surface area contributed by atoms with Gasteiger partial charge in [0.05, 0.1) is 25.5 Å². The van der Waals surface area contributed by atoms with Gasteiger partial charge in [-0.15, -0.1) is 0 Å². The molecule has 1 atom stereocenters. The predicted molar refractivity (Wildman–Crippen MR) is 76.7 cm³/mol. The maximum atomic E-state index is 12.5. The fourth-order valence-electron chi connectivity index (χ4n) is 2.70. The molecule has 3 heterocycles. The highest BCUT2D eigenvalue weighted by molar-refractivity contribution is 5.81. The van der Waals surface area contributed by atoms with Crippen molar-refractivity contribution in [2.24, 2.45) is 0 Å². The van der Waals surface area contributed by atoms with Crippen LogP contribution in [0, 0.1) is 0 Å². The highest BCUT2D eigenvalue weighted by Crippen LogP contribution is 2.12. The molecule has 21 heavy (non-hydrogen) atoms. The number of hydrogen-bond donors (Lipinski definition) is 0. The van der Waals surface area contributed by atoms with Crippen molar-refractivity contribution in [1.29, 1.82) is 0 Å². The number of carbonyl (C=O) groups is 1. The summed E-state index contributed by atoms with van der Waals surface area (Å²) >= 11 is 0. The van der Waals surface area contributed by atoms with Crippen LogP contribution in [0.3, 0.4) is 0 Å². The summed E-state index contributed by atoms with van der Waals surface area (Å²) in [4.78, 5) is 20.9. The molecule has 0 bridgehead atoms. The summed E-state index contributed by atoms with van der Waals surface area (Å²) in [5, 5.41) is 0. The number of rotatable bonds is 3. The zero-order chi connectivity index (χ0) is 14.5. The molecule has 6 nitrogen and oxygen atoms in total. The number of amides is 1. The van der Waals surface area contributed by atoms with E-state index in [1.54, 1.807) is 6.20 Å². The summed E-state index contributed by atoms with van der Waals surface area (Å²) in [6.45, 7) is 5.39. The fourth-order valence-corrected chi connectivity index (χ4v) is 2.70. The van der Waals surface area contributed by atoms with Gasteiger partial charge in [-0.2, -0.15) is 0 Å². The van der Waals surface area contributed by atoms with Gasteiger partial charge in [0.25, 0.3) is 5.91 Å². The predicted octanol–water partition coefficient (Wildman–Crippen LogP) is 0.141. The van der Waals surface area contributed by atoms with Crippen LogP contribution < -0.4 is 0 Å². The molecular weight excluding hydrogens is 270 g/mol. The molecular formula is C15H21N3O3. The van der Waals surface area contributed by atoms with Crippen LogP contribution in [0.5, 0.6) is 0 Å². The van der Waals surface area contributed by atoms with E-state index in [9.17, 15) is 4.79 Å². The Morgan fingerprint density at radius 2 is 2.10 bits per heavy atom. The maximum absolute atomic E-state index is 12.5. The van der Waals surface area contributed by atoms with Crippen molar-refractivity contribution in [2.75, 3.05) is 46.0 Å². The van der Waals surface area contributed by atoms with Crippen LogP contribution in [0.1, 0.15) is 5.69 Å². The first-order valence-electron chi connectivity index (χ1n) is 7.43. The second kappa shape index (κ2) is 6.98. The Balaban J connectivity index is 1.56. The standard InChI is InChI=1S/C15H21N3O3/c19-15(18-6-8-20-9-7-18)14-12-17(5-10-21-14)11-13-3-1-2-4-16-13/h1-4,14H,5-12H2. The molecule has 0 saturated carbocycles. The summed E-state index contributed by atoms with van der Waals surface area (Å²) in [7, 11) is 0. The molecule has 0 spiro atoms. The third-order valence-electron chi connectivity index (χ3n) is 3.86. The minimum Gasteiger partial charge on any atom is -0.378 e. The van der Waals surface area contributed by atoms with Gasteiger partial charge in [0, 0.05) is 38.9 Å². The van der Waals surface area contributed by atoms with E-state index in [4.69, 9.17) is 9.47 Å². The monoisotopic (exact) mass is 291 g/mol. The number of carbonyl (C=O) groups excluding carboxylic acids is 1. The normalized spacial score (nSPS) is 24.0. The first-order chi connectivity index (χ1) is 10.3. The smallest absolute Gasteiger partial charge is 0.253 e. The lowest BCUT2D eigenvalue weighted by atomic mass is 10.2. The lowest BCUT2D eigenvalue weighted by molar-refractivity contribution is -0.153. The van der Waals surface area contributed by atoms with Crippen LogP contribution in [-0.2, 0) is 20.8 Å². The largest absolute Gasteiger partial charge is 0.378 e. The van der Waals surface area contributed by atoms with Crippen molar-refractivity contribution in [3.05, 3.63) is 30.1 Å². The molecule has 2 aliphatic heterocycles. The van der Waals surface area contributed by atoms with Gasteiger partial charge < -0.3 is 14.4 Å². The van der Waals surface area contributed by atoms with Crippen LogP contribution >= 0.6 is 0 Å². The number of aromatic nitrogens is 1. The molecule has 2 fully saturated rings. The average molecular weight is 291 g/mol. The van der Waals surface area contributed by atoms with Gasteiger partial charge in [0.15, 0.2) is 0 Å². The summed E-state index contributed by atoms with van der Waals surface area (Å²) < 4.78 is 11.0. The molecule has 6 heteroatoms. The van der Waals surface area contributed by atoms with Crippen LogP contribution in [-0.4, -0.2) is 72.8 Å². The summed E-state index contributed by atoms with van der Waals surface area (Å²) in [6, 6.07) is 5.90. The van der Waals surface area contributed by atoms with E-state index >= 15 is 0 Å². The topological polar surface area (TPSA) is 54.9 Å². The van der Waals surface area contributed by atoms with Crippen LogP contribution in [0.2, 0.25) is 0 Å². The van der Waals surface area contributed by atoms with Gasteiger partial charge >= 0.3 is 0 Å². The Morgan fingerprint density at radius 3 is 2.86 bits per heavy atom. The fraction of sp³-hybridized carbons (Fsp3) is 0.600. The van der Waals surface area contributed by atoms with Crippen molar-refractivity contribution in [1.82, 2.24) is 14.8 Å². The Hall–Kier alpha value is -1.50. The molecule has 0 N–H and O–H groups in total. The quantitative estimate of drug-likeness (QED) is 0.793. The minimum absolute atomic E-state index is 0.0871. The van der Waals surface area contributed by atoms with E-state index in [0.717, 1.165) is 18.8 Å². The van der Waals surface area contributed by atoms with Gasteiger partial charge in [-0.05, 0) is 12.1 Å². The van der Waals surface area contributed by atoms with Crippen molar-refractivity contribution < 1.29 is 14.3 Å². The molecule has 0 radical (unpaired) electrons. The number of nitrogens with zero attached hydrogens (tertiary/aromatic N) is 3. The molecule has 2 saturated heterocycles. The summed E-state index contributed by atoms with van der Waals surface area (Å²) in [5.41, 5.74) is 1.02. The molecule has 3 rings (SSSR count). The van der Waals surface area contributed by atoms with Gasteiger partial charge in [0.2, 0.25) is 0 Å². The highest BCUT2D eigenvalue weighted by Gasteiger charge is 2.31. The van der Waals surface area contributed by atoms with E-state index in [1.165, 1.54) is 0 Å². The molecule has 0 aromatic carbocycles. The van der Waals surface area contributed by atoms with Gasteiger partial charge in [-0.1, -0.05) is 6.07 Å². The third kappa shape index (κ3) is 3.78. The SMILES string of the molecule is O=C(C1CN(Cc2ccccn2)CCO1)N1CCOCC1. The lowest BCUT2D eigenvalue weighted by Crippen LogP contribution is -2.53. The lowest BCUT2D eigenvalue weighted by Gasteiger charge is -2.36. The van der Waals surface area contributed by atoms with E-state index in [-0.39, 0.29) is 12.0 Å². The average Bonchev–Trinajstić information content (AvgIpc) is 2.56. The number of pyridine rings is 1. The molecule has 1 aromatic heterocycles. The Labute approximate surface area is 124 Å². The zero-order valence-corrected chi connectivity index (χ0v) is 12.1. The molecule has 2 aliphatic rings. The Kier molecular flexibility index (Phi) is 4.80.